The summed E-state index contributed by atoms with van der Waals surface area (Å²) >= 11 is 1.90. The summed E-state index contributed by atoms with van der Waals surface area (Å²) in [6.07, 6.45) is 1.73. The second-order valence-corrected chi connectivity index (χ2v) is 3.72. The molecule has 0 aromatic carbocycles. The van der Waals surface area contributed by atoms with Gasteiger partial charge in [-0.3, -0.25) is 4.68 Å². The molecule has 1 heterocycles. The van der Waals surface area contributed by atoms with Crippen molar-refractivity contribution in [1.29, 1.82) is 0 Å². The van der Waals surface area contributed by atoms with E-state index in [1.807, 2.05) is 16.4 Å². The maximum Gasteiger partial charge on any atom is 0.164 e. The molecule has 4 nitrogen and oxygen atoms in total. The SMILES string of the molecule is CCSCCn1cnc(CN)n1. The number of thioether (sulfide) groups is 1. The van der Waals surface area contributed by atoms with E-state index in [0.717, 1.165) is 23.9 Å². The Hall–Kier alpha value is -0.550. The van der Waals surface area contributed by atoms with Crippen LogP contribution in [0.5, 0.6) is 0 Å². The Morgan fingerprint density at radius 2 is 2.50 bits per heavy atom. The van der Waals surface area contributed by atoms with Gasteiger partial charge < -0.3 is 5.73 Å². The number of nitrogens with two attached hydrogens (primary N) is 1. The van der Waals surface area contributed by atoms with Crippen molar-refractivity contribution in [2.45, 2.75) is 20.0 Å². The average molecular weight is 186 g/mol. The minimum atomic E-state index is 0.425. The van der Waals surface area contributed by atoms with E-state index >= 15 is 0 Å². The highest BCUT2D eigenvalue weighted by Crippen LogP contribution is 1.99. The second kappa shape index (κ2) is 5.16. The maximum absolute atomic E-state index is 5.37. The summed E-state index contributed by atoms with van der Waals surface area (Å²) in [5.74, 6) is 2.96. The van der Waals surface area contributed by atoms with Gasteiger partial charge in [-0.05, 0) is 5.75 Å². The molecule has 12 heavy (non-hydrogen) atoms. The number of rotatable bonds is 5. The Morgan fingerprint density at radius 1 is 1.67 bits per heavy atom. The second-order valence-electron chi connectivity index (χ2n) is 2.32. The third kappa shape index (κ3) is 2.83. The third-order valence-corrected chi connectivity index (χ3v) is 2.31. The molecule has 0 atom stereocenters. The zero-order chi connectivity index (χ0) is 8.81. The molecule has 1 rings (SSSR count). The van der Waals surface area contributed by atoms with Crippen LogP contribution in [0, 0.1) is 0 Å². The van der Waals surface area contributed by atoms with Gasteiger partial charge in [-0.25, -0.2) is 4.98 Å². The predicted molar refractivity (Wildman–Crippen MR) is 50.9 cm³/mol. The van der Waals surface area contributed by atoms with Crippen LogP contribution in [0.25, 0.3) is 0 Å². The van der Waals surface area contributed by atoms with Gasteiger partial charge in [0, 0.05) is 5.75 Å². The molecule has 68 valence electrons. The van der Waals surface area contributed by atoms with Gasteiger partial charge in [0.05, 0.1) is 13.1 Å². The van der Waals surface area contributed by atoms with Gasteiger partial charge in [-0.2, -0.15) is 16.9 Å². The molecule has 0 bridgehead atoms. The van der Waals surface area contributed by atoms with E-state index in [-0.39, 0.29) is 0 Å². The molecule has 0 amide bonds. The van der Waals surface area contributed by atoms with Crippen LogP contribution >= 0.6 is 11.8 Å². The molecule has 5 heteroatoms. The fraction of sp³-hybridized carbons (Fsp3) is 0.714. The fourth-order valence-corrected chi connectivity index (χ4v) is 1.44. The summed E-state index contributed by atoms with van der Waals surface area (Å²) in [6, 6.07) is 0. The topological polar surface area (TPSA) is 56.7 Å². The molecular formula is C7H14N4S. The first-order valence-corrected chi connectivity index (χ1v) is 5.18. The Kier molecular flexibility index (Phi) is 4.10. The van der Waals surface area contributed by atoms with Gasteiger partial charge in [0.1, 0.15) is 6.33 Å². The lowest BCUT2D eigenvalue weighted by Gasteiger charge is -1.97. The summed E-state index contributed by atoms with van der Waals surface area (Å²) < 4.78 is 1.84. The molecule has 1 aromatic heterocycles. The lowest BCUT2D eigenvalue weighted by atomic mass is 10.6. The largest absolute Gasteiger partial charge is 0.324 e. The number of hydrogen-bond acceptors (Lipinski definition) is 4. The first-order valence-electron chi connectivity index (χ1n) is 4.03. The molecule has 0 unspecified atom stereocenters. The van der Waals surface area contributed by atoms with E-state index in [0.29, 0.717) is 6.54 Å². The Balaban J connectivity index is 2.31. The summed E-state index contributed by atoms with van der Waals surface area (Å²) in [5.41, 5.74) is 5.37. The van der Waals surface area contributed by atoms with E-state index in [1.165, 1.54) is 0 Å². The first-order chi connectivity index (χ1) is 5.86. The summed E-state index contributed by atoms with van der Waals surface area (Å²) in [6.45, 7) is 3.50. The summed E-state index contributed by atoms with van der Waals surface area (Å²) in [7, 11) is 0. The molecule has 0 fully saturated rings. The Labute approximate surface area is 76.5 Å². The van der Waals surface area contributed by atoms with Crippen LogP contribution in [0.4, 0.5) is 0 Å². The van der Waals surface area contributed by atoms with Crippen molar-refractivity contribution in [3.05, 3.63) is 12.2 Å². The predicted octanol–water partition coefficient (Wildman–Crippen LogP) is 0.490. The number of aromatic nitrogens is 3. The minimum absolute atomic E-state index is 0.425. The van der Waals surface area contributed by atoms with Gasteiger partial charge in [0.15, 0.2) is 5.82 Å². The Bertz CT molecular complexity index is 223. The fourth-order valence-electron chi connectivity index (χ4n) is 0.837. The van der Waals surface area contributed by atoms with E-state index in [1.54, 1.807) is 6.33 Å². The molecule has 0 saturated heterocycles. The van der Waals surface area contributed by atoms with Crippen molar-refractivity contribution in [3.8, 4) is 0 Å². The lowest BCUT2D eigenvalue weighted by Crippen LogP contribution is -2.04. The first kappa shape index (κ1) is 9.54. The van der Waals surface area contributed by atoms with Crippen molar-refractivity contribution in [1.82, 2.24) is 14.8 Å². The van der Waals surface area contributed by atoms with E-state index in [4.69, 9.17) is 5.73 Å². The van der Waals surface area contributed by atoms with Crippen LogP contribution in [0.2, 0.25) is 0 Å². The zero-order valence-electron chi connectivity index (χ0n) is 7.23. The van der Waals surface area contributed by atoms with Gasteiger partial charge in [0.2, 0.25) is 0 Å². The van der Waals surface area contributed by atoms with Crippen LogP contribution in [-0.4, -0.2) is 26.3 Å². The molecule has 0 radical (unpaired) electrons. The quantitative estimate of drug-likeness (QED) is 0.680. The van der Waals surface area contributed by atoms with Crippen LogP contribution in [0.15, 0.2) is 6.33 Å². The molecule has 0 aliphatic rings. The highest BCUT2D eigenvalue weighted by molar-refractivity contribution is 7.99. The van der Waals surface area contributed by atoms with Crippen molar-refractivity contribution < 1.29 is 0 Å². The third-order valence-electron chi connectivity index (χ3n) is 1.44. The van der Waals surface area contributed by atoms with Gasteiger partial charge in [-0.15, -0.1) is 0 Å². The Morgan fingerprint density at radius 3 is 3.08 bits per heavy atom. The molecule has 0 aliphatic carbocycles. The van der Waals surface area contributed by atoms with Crippen LogP contribution in [-0.2, 0) is 13.1 Å². The molecule has 2 N–H and O–H groups in total. The van der Waals surface area contributed by atoms with E-state index in [9.17, 15) is 0 Å². The lowest BCUT2D eigenvalue weighted by molar-refractivity contribution is 0.653. The summed E-state index contributed by atoms with van der Waals surface area (Å²) in [5, 5.41) is 4.17. The van der Waals surface area contributed by atoms with Crippen molar-refractivity contribution >= 4 is 11.8 Å². The summed E-state index contributed by atoms with van der Waals surface area (Å²) in [4.78, 5) is 4.03. The maximum atomic E-state index is 5.37. The van der Waals surface area contributed by atoms with Crippen molar-refractivity contribution in [2.24, 2.45) is 5.73 Å². The molecule has 0 aliphatic heterocycles. The normalized spacial score (nSPS) is 10.5. The highest BCUT2D eigenvalue weighted by Gasteiger charge is 1.96. The number of hydrogen-bond donors (Lipinski definition) is 1. The van der Waals surface area contributed by atoms with Crippen LogP contribution in [0.3, 0.4) is 0 Å². The zero-order valence-corrected chi connectivity index (χ0v) is 8.05. The molecule has 0 spiro atoms. The van der Waals surface area contributed by atoms with E-state index < -0.39 is 0 Å². The smallest absolute Gasteiger partial charge is 0.164 e. The number of aryl methyl sites for hydroxylation is 1. The van der Waals surface area contributed by atoms with Crippen LogP contribution < -0.4 is 5.73 Å². The average Bonchev–Trinajstić information content (AvgIpc) is 2.53. The highest BCUT2D eigenvalue weighted by atomic mass is 32.2. The van der Waals surface area contributed by atoms with Crippen LogP contribution in [0.1, 0.15) is 12.7 Å². The molecule has 0 saturated carbocycles. The number of nitrogens with zero attached hydrogens (tertiary/aromatic N) is 3. The molecule has 1 aromatic rings. The van der Waals surface area contributed by atoms with Gasteiger partial charge in [-0.1, -0.05) is 6.92 Å². The van der Waals surface area contributed by atoms with Gasteiger partial charge in [0.25, 0.3) is 0 Å². The standard InChI is InChI=1S/C7H14N4S/c1-2-12-4-3-11-6-9-7(5-8)10-11/h6H,2-5,8H2,1H3. The van der Waals surface area contributed by atoms with Crippen molar-refractivity contribution in [2.75, 3.05) is 11.5 Å². The van der Waals surface area contributed by atoms with E-state index in [2.05, 4.69) is 17.0 Å². The minimum Gasteiger partial charge on any atom is -0.324 e. The molecular weight excluding hydrogens is 172 g/mol. The van der Waals surface area contributed by atoms with Crippen molar-refractivity contribution in [3.63, 3.8) is 0 Å². The monoisotopic (exact) mass is 186 g/mol. The van der Waals surface area contributed by atoms with Gasteiger partial charge >= 0.3 is 0 Å².